The molecule has 0 unspecified atom stereocenters. The molecule has 3 rings (SSSR count). The average molecular weight is 239 g/mol. The van der Waals surface area contributed by atoms with E-state index in [1.807, 2.05) is 0 Å². The van der Waals surface area contributed by atoms with Crippen LogP contribution in [0.1, 0.15) is 0 Å². The van der Waals surface area contributed by atoms with Crippen molar-refractivity contribution in [3.8, 4) is 9.88 Å². The molecule has 0 atom stereocenters. The van der Waals surface area contributed by atoms with Crippen LogP contribution in [0.15, 0.2) is 17.5 Å². The fraction of sp³-hybridized carbons (Fsp3) is 0. The summed E-state index contributed by atoms with van der Waals surface area (Å²) in [5.41, 5.74) is 5.54. The van der Waals surface area contributed by atoms with Gasteiger partial charge in [-0.3, -0.25) is 0 Å². The Morgan fingerprint density at radius 3 is 2.79 bits per heavy atom. The fourth-order valence-corrected chi connectivity index (χ4v) is 3.96. The van der Waals surface area contributed by atoms with Gasteiger partial charge in [0.2, 0.25) is 5.13 Å². The van der Waals surface area contributed by atoms with E-state index in [4.69, 9.17) is 5.73 Å². The molecule has 3 heterocycles. The number of fused-ring (bicyclic) bond motifs is 1. The second-order valence-corrected chi connectivity index (χ2v) is 5.75. The van der Waals surface area contributed by atoms with E-state index in [1.54, 1.807) is 22.7 Å². The Kier molecular flexibility index (Phi) is 1.79. The lowest BCUT2D eigenvalue weighted by Gasteiger charge is -1.82. The normalized spacial score (nSPS) is 11.1. The van der Waals surface area contributed by atoms with E-state index < -0.39 is 0 Å². The number of thiophene rings is 2. The zero-order chi connectivity index (χ0) is 9.54. The number of rotatable bonds is 1. The van der Waals surface area contributed by atoms with Crippen LogP contribution in [0.2, 0.25) is 0 Å². The highest BCUT2D eigenvalue weighted by Crippen LogP contribution is 2.37. The van der Waals surface area contributed by atoms with Gasteiger partial charge in [-0.1, -0.05) is 11.3 Å². The molecule has 0 aliphatic carbocycles. The van der Waals surface area contributed by atoms with Crippen LogP contribution in [-0.2, 0) is 0 Å². The van der Waals surface area contributed by atoms with Crippen molar-refractivity contribution >= 4 is 48.5 Å². The molecule has 0 saturated heterocycles. The lowest BCUT2D eigenvalue weighted by molar-refractivity contribution is 1.11. The van der Waals surface area contributed by atoms with Gasteiger partial charge >= 0.3 is 0 Å². The molecule has 0 fully saturated rings. The summed E-state index contributed by atoms with van der Waals surface area (Å²) in [6, 6.07) is 4.27. The van der Waals surface area contributed by atoms with Crippen LogP contribution in [-0.4, -0.2) is 10.2 Å². The largest absolute Gasteiger partial charge is 0.374 e. The second-order valence-electron chi connectivity index (χ2n) is 2.71. The topological polar surface area (TPSA) is 51.8 Å². The predicted octanol–water partition coefficient (Wildman–Crippen LogP) is 3.06. The van der Waals surface area contributed by atoms with E-state index in [-0.39, 0.29) is 0 Å². The number of nitrogen functional groups attached to an aromatic ring is 1. The number of nitrogens with zero attached hydrogens (tertiary/aromatic N) is 2. The van der Waals surface area contributed by atoms with Crippen LogP contribution >= 0.6 is 34.0 Å². The van der Waals surface area contributed by atoms with Crippen LogP contribution in [0.3, 0.4) is 0 Å². The van der Waals surface area contributed by atoms with Gasteiger partial charge in [0.25, 0.3) is 0 Å². The Hall–Kier alpha value is -0.980. The van der Waals surface area contributed by atoms with E-state index in [0.717, 1.165) is 9.88 Å². The van der Waals surface area contributed by atoms with Gasteiger partial charge in [0.15, 0.2) is 5.01 Å². The fourth-order valence-electron chi connectivity index (χ4n) is 1.21. The molecule has 0 bridgehead atoms. The molecule has 3 aromatic heterocycles. The SMILES string of the molecule is Nc1nnc(-c2cc3sccc3s2)s1. The van der Waals surface area contributed by atoms with Crippen molar-refractivity contribution in [3.63, 3.8) is 0 Å². The molecule has 0 aromatic carbocycles. The standard InChI is InChI=1S/C8H5N3S3/c9-8-11-10-7(14-8)6-3-5-4(13-6)1-2-12-5/h1-3H,(H2,9,11). The number of hydrogen-bond acceptors (Lipinski definition) is 6. The van der Waals surface area contributed by atoms with Crippen LogP contribution in [0.4, 0.5) is 5.13 Å². The Bertz CT molecular complexity index is 549. The van der Waals surface area contributed by atoms with Crippen molar-refractivity contribution in [2.75, 3.05) is 5.73 Å². The van der Waals surface area contributed by atoms with Crippen LogP contribution in [0.25, 0.3) is 19.3 Å². The van der Waals surface area contributed by atoms with Gasteiger partial charge < -0.3 is 5.73 Å². The Morgan fingerprint density at radius 2 is 2.07 bits per heavy atom. The third-order valence-electron chi connectivity index (χ3n) is 1.79. The maximum atomic E-state index is 5.54. The smallest absolute Gasteiger partial charge is 0.203 e. The van der Waals surface area contributed by atoms with Gasteiger partial charge in [-0.15, -0.1) is 32.9 Å². The second kappa shape index (κ2) is 3.01. The average Bonchev–Trinajstić information content (AvgIpc) is 2.75. The zero-order valence-corrected chi connectivity index (χ0v) is 9.38. The molecule has 0 aliphatic rings. The van der Waals surface area contributed by atoms with Crippen molar-refractivity contribution in [1.82, 2.24) is 10.2 Å². The Labute approximate surface area is 91.8 Å². The van der Waals surface area contributed by atoms with Crippen molar-refractivity contribution < 1.29 is 0 Å². The summed E-state index contributed by atoms with van der Waals surface area (Å²) in [6.07, 6.45) is 0. The summed E-state index contributed by atoms with van der Waals surface area (Å²) in [6.45, 7) is 0. The summed E-state index contributed by atoms with van der Waals surface area (Å²) in [4.78, 5) is 1.15. The summed E-state index contributed by atoms with van der Waals surface area (Å²) in [5.74, 6) is 0. The number of nitrogens with two attached hydrogens (primary N) is 1. The highest BCUT2D eigenvalue weighted by molar-refractivity contribution is 7.30. The van der Waals surface area contributed by atoms with Crippen molar-refractivity contribution in [3.05, 3.63) is 17.5 Å². The van der Waals surface area contributed by atoms with Gasteiger partial charge in [-0.25, -0.2) is 0 Å². The first-order valence-corrected chi connectivity index (χ1v) is 6.40. The molecule has 0 radical (unpaired) electrons. The number of anilines is 1. The van der Waals surface area contributed by atoms with E-state index in [2.05, 4.69) is 27.7 Å². The van der Waals surface area contributed by atoms with Crippen molar-refractivity contribution in [1.29, 1.82) is 0 Å². The van der Waals surface area contributed by atoms with Gasteiger partial charge in [0, 0.05) is 9.40 Å². The van der Waals surface area contributed by atoms with Crippen LogP contribution in [0.5, 0.6) is 0 Å². The Morgan fingerprint density at radius 1 is 1.14 bits per heavy atom. The minimum Gasteiger partial charge on any atom is -0.374 e. The minimum absolute atomic E-state index is 0.525. The highest BCUT2D eigenvalue weighted by atomic mass is 32.1. The van der Waals surface area contributed by atoms with Crippen molar-refractivity contribution in [2.24, 2.45) is 0 Å². The minimum atomic E-state index is 0.525. The quantitative estimate of drug-likeness (QED) is 0.710. The third kappa shape index (κ3) is 1.23. The molecule has 14 heavy (non-hydrogen) atoms. The molecular formula is C8H5N3S3. The monoisotopic (exact) mass is 239 g/mol. The number of hydrogen-bond donors (Lipinski definition) is 1. The highest BCUT2D eigenvalue weighted by Gasteiger charge is 2.09. The van der Waals surface area contributed by atoms with Gasteiger partial charge in [0.05, 0.1) is 4.88 Å². The number of aromatic nitrogens is 2. The molecular weight excluding hydrogens is 234 g/mol. The van der Waals surface area contributed by atoms with E-state index in [1.165, 1.54) is 20.7 Å². The lowest BCUT2D eigenvalue weighted by Crippen LogP contribution is -1.79. The van der Waals surface area contributed by atoms with Crippen LogP contribution < -0.4 is 5.73 Å². The van der Waals surface area contributed by atoms with Crippen LogP contribution in [0, 0.1) is 0 Å². The molecule has 3 nitrogen and oxygen atoms in total. The maximum Gasteiger partial charge on any atom is 0.203 e. The molecule has 0 spiro atoms. The summed E-state index contributed by atoms with van der Waals surface area (Å²) >= 11 is 4.91. The first-order valence-electron chi connectivity index (χ1n) is 3.89. The third-order valence-corrected chi connectivity index (χ3v) is 4.81. The van der Waals surface area contributed by atoms with E-state index in [0.29, 0.717) is 5.13 Å². The molecule has 3 aromatic rings. The summed E-state index contributed by atoms with van der Waals surface area (Å²) in [5, 5.41) is 11.4. The first kappa shape index (κ1) is 8.34. The van der Waals surface area contributed by atoms with Crippen molar-refractivity contribution in [2.45, 2.75) is 0 Å². The van der Waals surface area contributed by atoms with Gasteiger partial charge in [-0.05, 0) is 17.5 Å². The molecule has 0 aliphatic heterocycles. The maximum absolute atomic E-state index is 5.54. The molecule has 0 amide bonds. The first-order chi connectivity index (χ1) is 6.83. The summed E-state index contributed by atoms with van der Waals surface area (Å²) < 4.78 is 2.61. The Balaban J connectivity index is 2.18. The molecule has 2 N–H and O–H groups in total. The zero-order valence-electron chi connectivity index (χ0n) is 6.93. The predicted molar refractivity (Wildman–Crippen MR) is 63.0 cm³/mol. The lowest BCUT2D eigenvalue weighted by atomic mass is 10.4. The van der Waals surface area contributed by atoms with Gasteiger partial charge in [-0.2, -0.15) is 0 Å². The molecule has 6 heteroatoms. The van der Waals surface area contributed by atoms with E-state index in [9.17, 15) is 0 Å². The molecule has 0 saturated carbocycles. The summed E-state index contributed by atoms with van der Waals surface area (Å²) in [7, 11) is 0. The molecule has 70 valence electrons. The van der Waals surface area contributed by atoms with E-state index >= 15 is 0 Å². The van der Waals surface area contributed by atoms with Gasteiger partial charge in [0.1, 0.15) is 0 Å².